The Morgan fingerprint density at radius 2 is 1.89 bits per heavy atom. The predicted octanol–water partition coefficient (Wildman–Crippen LogP) is 2.96. The van der Waals surface area contributed by atoms with Crippen LogP contribution in [-0.2, 0) is 6.42 Å². The van der Waals surface area contributed by atoms with E-state index in [1.807, 2.05) is 18.2 Å². The van der Waals surface area contributed by atoms with Gasteiger partial charge in [-0.25, -0.2) is 0 Å². The van der Waals surface area contributed by atoms with Crippen LogP contribution in [0, 0.1) is 6.92 Å². The van der Waals surface area contributed by atoms with Gasteiger partial charge in [-0.15, -0.1) is 0 Å². The van der Waals surface area contributed by atoms with Crippen LogP contribution in [0.3, 0.4) is 0 Å². The van der Waals surface area contributed by atoms with E-state index < -0.39 is 0 Å². The Morgan fingerprint density at radius 1 is 1.17 bits per heavy atom. The first-order valence-corrected chi connectivity index (χ1v) is 5.97. The summed E-state index contributed by atoms with van der Waals surface area (Å²) in [5.74, 6) is 1.45. The monoisotopic (exact) mass is 246 g/mol. The summed E-state index contributed by atoms with van der Waals surface area (Å²) in [6.07, 6.45) is 0.951. The Balaban J connectivity index is 2.47. The third-order valence-electron chi connectivity index (χ3n) is 3.12. The Morgan fingerprint density at radius 3 is 2.44 bits per heavy atom. The zero-order chi connectivity index (χ0) is 13.1. The first-order chi connectivity index (χ1) is 8.71. The molecule has 1 aromatic heterocycles. The molecule has 96 valence electrons. The molecule has 2 aromatic rings. The fourth-order valence-corrected chi connectivity index (χ4v) is 2.04. The van der Waals surface area contributed by atoms with Crippen LogP contribution in [0.1, 0.15) is 18.2 Å². The number of aromatic nitrogens is 2. The predicted molar refractivity (Wildman–Crippen MR) is 71.2 cm³/mol. The summed E-state index contributed by atoms with van der Waals surface area (Å²) in [4.78, 5) is 0. The van der Waals surface area contributed by atoms with Crippen LogP contribution in [0.2, 0.25) is 0 Å². The van der Waals surface area contributed by atoms with Gasteiger partial charge in [0.25, 0.3) is 0 Å². The van der Waals surface area contributed by atoms with Crippen LogP contribution < -0.4 is 9.47 Å². The van der Waals surface area contributed by atoms with Crippen molar-refractivity contribution in [3.63, 3.8) is 0 Å². The van der Waals surface area contributed by atoms with Crippen molar-refractivity contribution in [2.45, 2.75) is 20.3 Å². The van der Waals surface area contributed by atoms with Gasteiger partial charge in [-0.3, -0.25) is 5.10 Å². The molecule has 0 aliphatic carbocycles. The van der Waals surface area contributed by atoms with Crippen molar-refractivity contribution >= 4 is 0 Å². The quantitative estimate of drug-likeness (QED) is 0.902. The molecule has 1 heterocycles. The van der Waals surface area contributed by atoms with Gasteiger partial charge in [0.05, 0.1) is 19.9 Å². The van der Waals surface area contributed by atoms with Gasteiger partial charge < -0.3 is 9.47 Å². The molecule has 2 rings (SSSR count). The van der Waals surface area contributed by atoms with Crippen molar-refractivity contribution < 1.29 is 9.47 Å². The number of nitrogens with one attached hydrogen (secondary N) is 1. The van der Waals surface area contributed by atoms with Crippen LogP contribution in [0.15, 0.2) is 18.2 Å². The van der Waals surface area contributed by atoms with E-state index in [4.69, 9.17) is 9.47 Å². The molecule has 0 bridgehead atoms. The Bertz CT molecular complexity index is 547. The molecule has 1 N–H and O–H groups in total. The van der Waals surface area contributed by atoms with Crippen LogP contribution in [0.4, 0.5) is 0 Å². The summed E-state index contributed by atoms with van der Waals surface area (Å²) >= 11 is 0. The van der Waals surface area contributed by atoms with E-state index in [1.165, 1.54) is 11.3 Å². The van der Waals surface area contributed by atoms with E-state index in [-0.39, 0.29) is 0 Å². The first-order valence-electron chi connectivity index (χ1n) is 5.97. The lowest BCUT2D eigenvalue weighted by Gasteiger charge is -2.08. The van der Waals surface area contributed by atoms with Crippen LogP contribution >= 0.6 is 0 Å². The molecule has 0 saturated carbocycles. The van der Waals surface area contributed by atoms with Gasteiger partial charge in [0.2, 0.25) is 0 Å². The number of H-pyrrole nitrogens is 1. The highest BCUT2D eigenvalue weighted by molar-refractivity contribution is 5.67. The zero-order valence-electron chi connectivity index (χ0n) is 11.2. The molecular formula is C14H18N2O2. The Hall–Kier alpha value is -1.97. The number of aryl methyl sites for hydroxylation is 1. The Kier molecular flexibility index (Phi) is 3.55. The van der Waals surface area contributed by atoms with Crippen molar-refractivity contribution in [2.24, 2.45) is 0 Å². The molecule has 0 aliphatic heterocycles. The average molecular weight is 246 g/mol. The highest BCUT2D eigenvalue weighted by Gasteiger charge is 2.12. The fraction of sp³-hybridized carbons (Fsp3) is 0.357. The minimum atomic E-state index is 0.718. The molecule has 0 saturated heterocycles. The van der Waals surface area contributed by atoms with E-state index in [0.29, 0.717) is 0 Å². The second kappa shape index (κ2) is 5.12. The number of benzene rings is 1. The fourth-order valence-electron chi connectivity index (χ4n) is 2.04. The number of rotatable bonds is 4. The van der Waals surface area contributed by atoms with E-state index in [9.17, 15) is 0 Å². The van der Waals surface area contributed by atoms with Gasteiger partial charge in [-0.2, -0.15) is 5.10 Å². The summed E-state index contributed by atoms with van der Waals surface area (Å²) in [6, 6.07) is 5.83. The first kappa shape index (κ1) is 12.5. The maximum absolute atomic E-state index is 5.31. The topological polar surface area (TPSA) is 47.1 Å². The van der Waals surface area contributed by atoms with Crippen LogP contribution in [-0.4, -0.2) is 24.4 Å². The van der Waals surface area contributed by atoms with Crippen molar-refractivity contribution in [1.82, 2.24) is 10.2 Å². The molecule has 0 fully saturated rings. The third kappa shape index (κ3) is 2.06. The van der Waals surface area contributed by atoms with Gasteiger partial charge >= 0.3 is 0 Å². The average Bonchev–Trinajstić information content (AvgIpc) is 2.79. The summed E-state index contributed by atoms with van der Waals surface area (Å²) < 4.78 is 10.5. The largest absolute Gasteiger partial charge is 0.493 e. The molecular weight excluding hydrogens is 228 g/mol. The van der Waals surface area contributed by atoms with E-state index in [0.717, 1.165) is 29.2 Å². The van der Waals surface area contributed by atoms with Crippen molar-refractivity contribution in [1.29, 1.82) is 0 Å². The maximum atomic E-state index is 5.31. The van der Waals surface area contributed by atoms with Gasteiger partial charge in [0, 0.05) is 11.3 Å². The molecule has 4 heteroatoms. The number of hydrogen-bond donors (Lipinski definition) is 1. The summed E-state index contributed by atoms with van der Waals surface area (Å²) in [5.41, 5.74) is 4.35. The molecule has 0 atom stereocenters. The number of ether oxygens (including phenoxy) is 2. The highest BCUT2D eigenvalue weighted by atomic mass is 16.5. The summed E-state index contributed by atoms with van der Waals surface area (Å²) in [5, 5.41) is 7.43. The van der Waals surface area contributed by atoms with Crippen molar-refractivity contribution in [3.8, 4) is 22.8 Å². The molecule has 0 radical (unpaired) electrons. The molecule has 1 aromatic carbocycles. The number of aromatic amines is 1. The lowest BCUT2D eigenvalue weighted by molar-refractivity contribution is 0.355. The molecule has 18 heavy (non-hydrogen) atoms. The third-order valence-corrected chi connectivity index (χ3v) is 3.12. The van der Waals surface area contributed by atoms with Crippen LogP contribution in [0.5, 0.6) is 11.5 Å². The normalized spacial score (nSPS) is 10.4. The number of hydrogen-bond acceptors (Lipinski definition) is 3. The van der Waals surface area contributed by atoms with E-state index >= 15 is 0 Å². The lowest BCUT2D eigenvalue weighted by Crippen LogP contribution is -1.91. The minimum absolute atomic E-state index is 0.718. The van der Waals surface area contributed by atoms with Gasteiger partial charge in [0.1, 0.15) is 0 Å². The van der Waals surface area contributed by atoms with E-state index in [1.54, 1.807) is 14.2 Å². The maximum Gasteiger partial charge on any atom is 0.161 e. The van der Waals surface area contributed by atoms with Gasteiger partial charge in [-0.05, 0) is 37.1 Å². The second-order valence-corrected chi connectivity index (χ2v) is 4.10. The Labute approximate surface area is 107 Å². The van der Waals surface area contributed by atoms with Gasteiger partial charge in [-0.1, -0.05) is 6.92 Å². The highest BCUT2D eigenvalue weighted by Crippen LogP contribution is 2.33. The van der Waals surface area contributed by atoms with E-state index in [2.05, 4.69) is 24.0 Å². The summed E-state index contributed by atoms with van der Waals surface area (Å²) in [6.45, 7) is 4.19. The van der Waals surface area contributed by atoms with Crippen molar-refractivity contribution in [2.75, 3.05) is 14.2 Å². The van der Waals surface area contributed by atoms with Crippen molar-refractivity contribution in [3.05, 3.63) is 29.5 Å². The smallest absolute Gasteiger partial charge is 0.161 e. The molecule has 0 spiro atoms. The SMILES string of the molecule is CCc1[nH]nc(-c2ccc(OC)c(OC)c2)c1C. The van der Waals surface area contributed by atoms with Gasteiger partial charge in [0.15, 0.2) is 11.5 Å². The molecule has 0 aliphatic rings. The number of nitrogens with zero attached hydrogens (tertiary/aromatic N) is 1. The molecule has 0 amide bonds. The lowest BCUT2D eigenvalue weighted by atomic mass is 10.1. The molecule has 4 nitrogen and oxygen atoms in total. The number of methoxy groups -OCH3 is 2. The zero-order valence-corrected chi connectivity index (χ0v) is 11.2. The van der Waals surface area contributed by atoms with Crippen LogP contribution in [0.25, 0.3) is 11.3 Å². The molecule has 0 unspecified atom stereocenters. The second-order valence-electron chi connectivity index (χ2n) is 4.10. The summed E-state index contributed by atoms with van der Waals surface area (Å²) in [7, 11) is 3.27. The minimum Gasteiger partial charge on any atom is -0.493 e. The standard InChI is InChI=1S/C14H18N2O2/c1-5-11-9(2)14(16-15-11)10-6-7-12(17-3)13(8-10)18-4/h6-8H,5H2,1-4H3,(H,15,16).